The second kappa shape index (κ2) is 4.61. The molecule has 2 aliphatic rings. The SMILES string of the molecule is CCCNc1ccnc(C2CC3CCC2O3)n1. The number of nitrogens with zero attached hydrogens (tertiary/aromatic N) is 2. The average Bonchev–Trinajstić information content (AvgIpc) is 2.99. The minimum Gasteiger partial charge on any atom is -0.374 e. The lowest BCUT2D eigenvalue weighted by Gasteiger charge is -2.17. The molecular formula is C13H19N3O. The van der Waals surface area contributed by atoms with Crippen LogP contribution in [0.25, 0.3) is 0 Å². The molecule has 2 bridgehead atoms. The van der Waals surface area contributed by atoms with Crippen LogP contribution >= 0.6 is 0 Å². The molecular weight excluding hydrogens is 214 g/mol. The van der Waals surface area contributed by atoms with Gasteiger partial charge in [0.15, 0.2) is 0 Å². The first-order valence-electron chi connectivity index (χ1n) is 6.59. The van der Waals surface area contributed by atoms with Gasteiger partial charge < -0.3 is 10.1 Å². The number of ether oxygens (including phenoxy) is 1. The van der Waals surface area contributed by atoms with E-state index in [2.05, 4.69) is 22.2 Å². The summed E-state index contributed by atoms with van der Waals surface area (Å²) in [5.74, 6) is 2.31. The van der Waals surface area contributed by atoms with E-state index >= 15 is 0 Å². The summed E-state index contributed by atoms with van der Waals surface area (Å²) in [6.45, 7) is 3.11. The van der Waals surface area contributed by atoms with Gasteiger partial charge in [0.2, 0.25) is 0 Å². The highest BCUT2D eigenvalue weighted by Gasteiger charge is 2.42. The Balaban J connectivity index is 1.74. The van der Waals surface area contributed by atoms with Crippen molar-refractivity contribution in [2.24, 2.45) is 0 Å². The Labute approximate surface area is 102 Å². The summed E-state index contributed by atoms with van der Waals surface area (Å²) < 4.78 is 5.86. The number of hydrogen-bond acceptors (Lipinski definition) is 4. The van der Waals surface area contributed by atoms with Crippen molar-refractivity contribution in [2.75, 3.05) is 11.9 Å². The number of hydrogen-bond donors (Lipinski definition) is 1. The molecule has 3 heterocycles. The van der Waals surface area contributed by atoms with Crippen molar-refractivity contribution in [1.82, 2.24) is 9.97 Å². The van der Waals surface area contributed by atoms with E-state index in [1.807, 2.05) is 12.3 Å². The Hall–Kier alpha value is -1.16. The van der Waals surface area contributed by atoms with Gasteiger partial charge in [-0.3, -0.25) is 0 Å². The summed E-state index contributed by atoms with van der Waals surface area (Å²) in [6, 6.07) is 1.94. The van der Waals surface area contributed by atoms with Crippen molar-refractivity contribution in [3.63, 3.8) is 0 Å². The first-order valence-corrected chi connectivity index (χ1v) is 6.59. The van der Waals surface area contributed by atoms with Gasteiger partial charge in [0.1, 0.15) is 11.6 Å². The van der Waals surface area contributed by atoms with Crippen LogP contribution in [0.5, 0.6) is 0 Å². The first kappa shape index (κ1) is 11.0. The van der Waals surface area contributed by atoms with Gasteiger partial charge in [-0.25, -0.2) is 9.97 Å². The van der Waals surface area contributed by atoms with Crippen molar-refractivity contribution in [2.45, 2.75) is 50.7 Å². The van der Waals surface area contributed by atoms with Gasteiger partial charge in [-0.2, -0.15) is 0 Å². The molecule has 4 nitrogen and oxygen atoms in total. The van der Waals surface area contributed by atoms with E-state index < -0.39 is 0 Å². The Kier molecular flexibility index (Phi) is 2.97. The molecule has 0 saturated carbocycles. The van der Waals surface area contributed by atoms with Gasteiger partial charge in [0.05, 0.1) is 12.2 Å². The zero-order chi connectivity index (χ0) is 11.7. The molecule has 3 atom stereocenters. The van der Waals surface area contributed by atoms with Crippen LogP contribution in [0.3, 0.4) is 0 Å². The Morgan fingerprint density at radius 3 is 3.12 bits per heavy atom. The zero-order valence-electron chi connectivity index (χ0n) is 10.2. The quantitative estimate of drug-likeness (QED) is 0.867. The molecule has 2 saturated heterocycles. The number of nitrogens with one attached hydrogen (secondary N) is 1. The minimum absolute atomic E-state index is 0.362. The molecule has 2 fully saturated rings. The van der Waals surface area contributed by atoms with Crippen LogP contribution in [0.2, 0.25) is 0 Å². The number of anilines is 1. The standard InChI is InChI=1S/C13H19N3O/c1-2-6-14-12-5-7-15-13(16-12)10-8-9-3-4-11(10)17-9/h5,7,9-11H,2-4,6,8H2,1H3,(H,14,15,16). The summed E-state index contributed by atoms with van der Waals surface area (Å²) in [7, 11) is 0. The topological polar surface area (TPSA) is 47.0 Å². The van der Waals surface area contributed by atoms with E-state index in [1.165, 1.54) is 12.8 Å². The van der Waals surface area contributed by atoms with Crippen LogP contribution < -0.4 is 5.32 Å². The van der Waals surface area contributed by atoms with Gasteiger partial charge in [-0.1, -0.05) is 6.92 Å². The van der Waals surface area contributed by atoms with Crippen LogP contribution in [0.4, 0.5) is 5.82 Å². The fourth-order valence-electron chi connectivity index (χ4n) is 2.81. The molecule has 0 spiro atoms. The van der Waals surface area contributed by atoms with Crippen molar-refractivity contribution in [3.8, 4) is 0 Å². The molecule has 2 aliphatic heterocycles. The summed E-state index contributed by atoms with van der Waals surface area (Å²) in [5.41, 5.74) is 0. The smallest absolute Gasteiger partial charge is 0.136 e. The highest BCUT2D eigenvalue weighted by Crippen LogP contribution is 2.43. The third-order valence-electron chi connectivity index (χ3n) is 3.67. The van der Waals surface area contributed by atoms with E-state index in [0.717, 1.165) is 31.0 Å². The van der Waals surface area contributed by atoms with Crippen molar-refractivity contribution >= 4 is 5.82 Å². The molecule has 17 heavy (non-hydrogen) atoms. The van der Waals surface area contributed by atoms with E-state index in [1.54, 1.807) is 0 Å². The maximum absolute atomic E-state index is 5.86. The van der Waals surface area contributed by atoms with Gasteiger partial charge in [-0.05, 0) is 31.7 Å². The number of aromatic nitrogens is 2. The predicted octanol–water partition coefficient (Wildman–Crippen LogP) is 2.33. The lowest BCUT2D eigenvalue weighted by molar-refractivity contribution is 0.0999. The average molecular weight is 233 g/mol. The lowest BCUT2D eigenvalue weighted by Crippen LogP contribution is -2.17. The molecule has 3 rings (SSSR count). The molecule has 0 amide bonds. The fourth-order valence-corrected chi connectivity index (χ4v) is 2.81. The summed E-state index contributed by atoms with van der Waals surface area (Å²) in [6.07, 6.45) is 7.27. The van der Waals surface area contributed by atoms with Crippen molar-refractivity contribution in [3.05, 3.63) is 18.1 Å². The van der Waals surface area contributed by atoms with Crippen LogP contribution in [-0.2, 0) is 4.74 Å². The molecule has 1 aromatic heterocycles. The second-order valence-electron chi connectivity index (χ2n) is 4.94. The van der Waals surface area contributed by atoms with Crippen LogP contribution in [0, 0.1) is 0 Å². The van der Waals surface area contributed by atoms with Crippen molar-refractivity contribution in [1.29, 1.82) is 0 Å². The van der Waals surface area contributed by atoms with Gasteiger partial charge >= 0.3 is 0 Å². The Morgan fingerprint density at radius 2 is 2.41 bits per heavy atom. The Morgan fingerprint density at radius 1 is 1.47 bits per heavy atom. The monoisotopic (exact) mass is 233 g/mol. The van der Waals surface area contributed by atoms with Crippen LogP contribution in [0.15, 0.2) is 12.3 Å². The largest absolute Gasteiger partial charge is 0.374 e. The maximum Gasteiger partial charge on any atom is 0.136 e. The highest BCUT2D eigenvalue weighted by molar-refractivity contribution is 5.33. The molecule has 4 heteroatoms. The fraction of sp³-hybridized carbons (Fsp3) is 0.692. The molecule has 1 N–H and O–H groups in total. The van der Waals surface area contributed by atoms with Gasteiger partial charge in [0.25, 0.3) is 0 Å². The van der Waals surface area contributed by atoms with Gasteiger partial charge in [-0.15, -0.1) is 0 Å². The third kappa shape index (κ3) is 2.14. The molecule has 1 aromatic rings. The summed E-state index contributed by atoms with van der Waals surface area (Å²) in [4.78, 5) is 9.03. The van der Waals surface area contributed by atoms with Crippen LogP contribution in [0.1, 0.15) is 44.3 Å². The van der Waals surface area contributed by atoms with E-state index in [9.17, 15) is 0 Å². The first-order chi connectivity index (χ1) is 8.36. The molecule has 0 aliphatic carbocycles. The Bertz CT molecular complexity index is 396. The molecule has 92 valence electrons. The predicted molar refractivity (Wildman–Crippen MR) is 66.1 cm³/mol. The molecule has 0 aromatic carbocycles. The van der Waals surface area contributed by atoms with Crippen LogP contribution in [-0.4, -0.2) is 28.7 Å². The maximum atomic E-state index is 5.86. The normalized spacial score (nSPS) is 30.8. The van der Waals surface area contributed by atoms with Crippen molar-refractivity contribution < 1.29 is 4.74 Å². The van der Waals surface area contributed by atoms with E-state index in [-0.39, 0.29) is 0 Å². The van der Waals surface area contributed by atoms with Gasteiger partial charge in [0, 0.05) is 18.7 Å². The second-order valence-corrected chi connectivity index (χ2v) is 4.94. The number of rotatable bonds is 4. The van der Waals surface area contributed by atoms with E-state index in [4.69, 9.17) is 4.74 Å². The number of fused-ring (bicyclic) bond motifs is 2. The lowest BCUT2D eigenvalue weighted by atomic mass is 9.88. The zero-order valence-corrected chi connectivity index (χ0v) is 10.2. The molecule has 0 radical (unpaired) electrons. The summed E-state index contributed by atoms with van der Waals surface area (Å²) >= 11 is 0. The van der Waals surface area contributed by atoms with E-state index in [0.29, 0.717) is 18.1 Å². The summed E-state index contributed by atoms with van der Waals surface area (Å²) in [5, 5.41) is 3.31. The third-order valence-corrected chi connectivity index (χ3v) is 3.67. The minimum atomic E-state index is 0.362. The highest BCUT2D eigenvalue weighted by atomic mass is 16.5. The molecule has 3 unspecified atom stereocenters.